The lowest BCUT2D eigenvalue weighted by Crippen LogP contribution is -2.31. The van der Waals surface area contributed by atoms with Crippen molar-refractivity contribution in [1.82, 2.24) is 5.32 Å². The van der Waals surface area contributed by atoms with Crippen molar-refractivity contribution < 1.29 is 9.47 Å². The van der Waals surface area contributed by atoms with Gasteiger partial charge in [-0.3, -0.25) is 0 Å². The minimum atomic E-state index is 0.462. The quantitative estimate of drug-likeness (QED) is 0.884. The van der Waals surface area contributed by atoms with E-state index in [-0.39, 0.29) is 0 Å². The Bertz CT molecular complexity index is 406. The van der Waals surface area contributed by atoms with Gasteiger partial charge in [-0.1, -0.05) is 19.9 Å². The van der Waals surface area contributed by atoms with Crippen LogP contribution in [0.2, 0.25) is 0 Å². The summed E-state index contributed by atoms with van der Waals surface area (Å²) in [4.78, 5) is 0. The first kappa shape index (κ1) is 14.2. The smallest absolute Gasteiger partial charge is 0.161 e. The third kappa shape index (κ3) is 3.63. The Hall–Kier alpha value is -1.22. The number of rotatable bonds is 5. The molecule has 0 aliphatic carbocycles. The van der Waals surface area contributed by atoms with Crippen molar-refractivity contribution in [2.75, 3.05) is 19.8 Å². The number of hydrogen-bond acceptors (Lipinski definition) is 3. The highest BCUT2D eigenvalue weighted by atomic mass is 16.5. The van der Waals surface area contributed by atoms with Gasteiger partial charge in [0, 0.05) is 12.5 Å². The van der Waals surface area contributed by atoms with Crippen molar-refractivity contribution in [3.8, 4) is 11.5 Å². The Kier molecular flexibility index (Phi) is 5.08. The highest BCUT2D eigenvalue weighted by Crippen LogP contribution is 2.33. The summed E-state index contributed by atoms with van der Waals surface area (Å²) in [6.45, 7) is 9.24. The topological polar surface area (TPSA) is 30.5 Å². The second-order valence-corrected chi connectivity index (χ2v) is 5.29. The van der Waals surface area contributed by atoms with Gasteiger partial charge < -0.3 is 14.8 Å². The fourth-order valence-corrected chi connectivity index (χ4v) is 2.30. The summed E-state index contributed by atoms with van der Waals surface area (Å²) in [5.41, 5.74) is 1.31. The molecule has 1 aromatic carbocycles. The Labute approximate surface area is 116 Å². The molecule has 0 fully saturated rings. The standard InChI is InChI=1S/C16H25NO2/c1-4-8-17-13(3)12(2)14-6-7-15-16(11-14)19-10-5-9-18-15/h6-7,11-13,17H,4-5,8-10H2,1-3H3. The highest BCUT2D eigenvalue weighted by Gasteiger charge is 2.17. The van der Waals surface area contributed by atoms with Crippen molar-refractivity contribution in [1.29, 1.82) is 0 Å². The molecule has 1 N–H and O–H groups in total. The molecule has 0 bridgehead atoms. The van der Waals surface area contributed by atoms with Gasteiger partial charge in [0.15, 0.2) is 11.5 Å². The predicted molar refractivity (Wildman–Crippen MR) is 78.2 cm³/mol. The van der Waals surface area contributed by atoms with Crippen LogP contribution in [0.4, 0.5) is 0 Å². The maximum Gasteiger partial charge on any atom is 0.161 e. The fraction of sp³-hybridized carbons (Fsp3) is 0.625. The van der Waals surface area contributed by atoms with E-state index in [9.17, 15) is 0 Å². The average Bonchev–Trinajstić information content (AvgIpc) is 2.68. The number of hydrogen-bond donors (Lipinski definition) is 1. The molecule has 0 spiro atoms. The highest BCUT2D eigenvalue weighted by molar-refractivity contribution is 5.44. The van der Waals surface area contributed by atoms with E-state index in [2.05, 4.69) is 38.2 Å². The van der Waals surface area contributed by atoms with Gasteiger partial charge in [0.25, 0.3) is 0 Å². The van der Waals surface area contributed by atoms with Crippen LogP contribution in [-0.4, -0.2) is 25.8 Å². The van der Waals surface area contributed by atoms with Crippen LogP contribution >= 0.6 is 0 Å². The zero-order chi connectivity index (χ0) is 13.7. The first-order chi connectivity index (χ1) is 9.22. The summed E-state index contributed by atoms with van der Waals surface area (Å²) in [5.74, 6) is 2.23. The lowest BCUT2D eigenvalue weighted by Gasteiger charge is -2.22. The Morgan fingerprint density at radius 2 is 1.89 bits per heavy atom. The normalized spacial score (nSPS) is 17.6. The van der Waals surface area contributed by atoms with Crippen LogP contribution in [-0.2, 0) is 0 Å². The molecule has 2 rings (SSSR count). The number of fused-ring (bicyclic) bond motifs is 1. The molecule has 0 saturated heterocycles. The van der Waals surface area contributed by atoms with E-state index in [1.165, 1.54) is 5.56 Å². The molecule has 3 heteroatoms. The van der Waals surface area contributed by atoms with Crippen LogP contribution in [0.3, 0.4) is 0 Å². The molecule has 0 amide bonds. The maximum absolute atomic E-state index is 5.75. The molecule has 106 valence electrons. The summed E-state index contributed by atoms with van der Waals surface area (Å²) in [7, 11) is 0. The van der Waals surface area contributed by atoms with Gasteiger partial charge in [0.2, 0.25) is 0 Å². The molecular weight excluding hydrogens is 238 g/mol. The van der Waals surface area contributed by atoms with Crippen LogP contribution in [0.1, 0.15) is 45.1 Å². The predicted octanol–water partition coefficient (Wildman–Crippen LogP) is 3.34. The molecule has 1 aromatic rings. The van der Waals surface area contributed by atoms with Gasteiger partial charge >= 0.3 is 0 Å². The maximum atomic E-state index is 5.75. The molecule has 19 heavy (non-hydrogen) atoms. The van der Waals surface area contributed by atoms with Crippen molar-refractivity contribution in [3.63, 3.8) is 0 Å². The molecule has 1 aliphatic rings. The average molecular weight is 263 g/mol. The van der Waals surface area contributed by atoms with E-state index < -0.39 is 0 Å². The Morgan fingerprint density at radius 3 is 2.63 bits per heavy atom. The Morgan fingerprint density at radius 1 is 1.16 bits per heavy atom. The third-order valence-corrected chi connectivity index (χ3v) is 3.76. The van der Waals surface area contributed by atoms with Crippen LogP contribution in [0.5, 0.6) is 11.5 Å². The summed E-state index contributed by atoms with van der Waals surface area (Å²) < 4.78 is 11.4. The molecule has 2 atom stereocenters. The van der Waals surface area contributed by atoms with Crippen LogP contribution in [0.15, 0.2) is 18.2 Å². The van der Waals surface area contributed by atoms with Crippen LogP contribution < -0.4 is 14.8 Å². The molecule has 1 heterocycles. The van der Waals surface area contributed by atoms with Crippen LogP contribution in [0.25, 0.3) is 0 Å². The molecule has 3 nitrogen and oxygen atoms in total. The lowest BCUT2D eigenvalue weighted by molar-refractivity contribution is 0.297. The largest absolute Gasteiger partial charge is 0.490 e. The van der Waals surface area contributed by atoms with Crippen LogP contribution in [0, 0.1) is 0 Å². The van der Waals surface area contributed by atoms with Crippen molar-refractivity contribution in [2.24, 2.45) is 0 Å². The first-order valence-electron chi connectivity index (χ1n) is 7.35. The van der Waals surface area contributed by atoms with Gasteiger partial charge in [-0.25, -0.2) is 0 Å². The zero-order valence-corrected chi connectivity index (χ0v) is 12.2. The summed E-state index contributed by atoms with van der Waals surface area (Å²) in [5, 5.41) is 3.55. The van der Waals surface area contributed by atoms with Gasteiger partial charge in [0.1, 0.15) is 0 Å². The number of ether oxygens (including phenoxy) is 2. The summed E-state index contributed by atoms with van der Waals surface area (Å²) in [6, 6.07) is 6.79. The van der Waals surface area contributed by atoms with Gasteiger partial charge in [-0.2, -0.15) is 0 Å². The van der Waals surface area contributed by atoms with Gasteiger partial charge in [-0.15, -0.1) is 0 Å². The molecule has 0 radical (unpaired) electrons. The molecule has 1 aliphatic heterocycles. The molecule has 0 aromatic heterocycles. The zero-order valence-electron chi connectivity index (χ0n) is 12.2. The van der Waals surface area contributed by atoms with E-state index >= 15 is 0 Å². The van der Waals surface area contributed by atoms with E-state index in [0.29, 0.717) is 12.0 Å². The minimum Gasteiger partial charge on any atom is -0.490 e. The van der Waals surface area contributed by atoms with E-state index in [0.717, 1.165) is 44.1 Å². The van der Waals surface area contributed by atoms with E-state index in [1.807, 2.05) is 6.07 Å². The molecular formula is C16H25NO2. The van der Waals surface area contributed by atoms with Gasteiger partial charge in [-0.05, 0) is 43.5 Å². The molecule has 2 unspecified atom stereocenters. The van der Waals surface area contributed by atoms with E-state index in [4.69, 9.17) is 9.47 Å². The Balaban J connectivity index is 2.09. The number of nitrogens with one attached hydrogen (secondary N) is 1. The lowest BCUT2D eigenvalue weighted by atomic mass is 9.94. The first-order valence-corrected chi connectivity index (χ1v) is 7.35. The minimum absolute atomic E-state index is 0.462. The third-order valence-electron chi connectivity index (χ3n) is 3.76. The van der Waals surface area contributed by atoms with Crippen molar-refractivity contribution in [2.45, 2.75) is 45.6 Å². The fourth-order valence-electron chi connectivity index (χ4n) is 2.30. The SMILES string of the molecule is CCCNC(C)C(C)c1ccc2c(c1)OCCCO2. The second kappa shape index (κ2) is 6.80. The number of benzene rings is 1. The van der Waals surface area contributed by atoms with Crippen molar-refractivity contribution >= 4 is 0 Å². The molecule has 0 saturated carbocycles. The monoisotopic (exact) mass is 263 g/mol. The van der Waals surface area contributed by atoms with E-state index in [1.54, 1.807) is 0 Å². The van der Waals surface area contributed by atoms with Crippen molar-refractivity contribution in [3.05, 3.63) is 23.8 Å². The summed E-state index contributed by atoms with van der Waals surface area (Å²) in [6.07, 6.45) is 2.12. The van der Waals surface area contributed by atoms with Gasteiger partial charge in [0.05, 0.1) is 13.2 Å². The summed E-state index contributed by atoms with van der Waals surface area (Å²) >= 11 is 0. The second-order valence-electron chi connectivity index (χ2n) is 5.29.